The number of halogens is 4. The predicted octanol–water partition coefficient (Wildman–Crippen LogP) is 4.92. The van der Waals surface area contributed by atoms with Gasteiger partial charge in [0.15, 0.2) is 5.78 Å². The topological polar surface area (TPSA) is 105 Å². The zero-order valence-electron chi connectivity index (χ0n) is 23.3. The van der Waals surface area contributed by atoms with Gasteiger partial charge in [-0.15, -0.1) is 0 Å². The van der Waals surface area contributed by atoms with Gasteiger partial charge in [0.1, 0.15) is 6.17 Å². The van der Waals surface area contributed by atoms with E-state index < -0.39 is 17.9 Å². The molecule has 0 aliphatic carbocycles. The number of aryl methyl sites for hydroxylation is 2. The molecule has 1 fully saturated rings. The highest BCUT2D eigenvalue weighted by Gasteiger charge is 2.31. The molecule has 8 nitrogen and oxygen atoms in total. The molecule has 1 aliphatic heterocycles. The van der Waals surface area contributed by atoms with Crippen molar-refractivity contribution in [1.29, 1.82) is 0 Å². The normalized spacial score (nSPS) is 15.3. The number of nitrogens with zero attached hydrogens (tertiary/aromatic N) is 4. The van der Waals surface area contributed by atoms with E-state index in [-0.39, 0.29) is 24.6 Å². The highest BCUT2D eigenvalue weighted by atomic mass is 19.4. The number of hydrogen-bond acceptors (Lipinski definition) is 7. The number of piperidine rings is 1. The van der Waals surface area contributed by atoms with Crippen LogP contribution in [0.5, 0.6) is 0 Å². The third-order valence-corrected chi connectivity index (χ3v) is 7.33. The summed E-state index contributed by atoms with van der Waals surface area (Å²) in [6.45, 7) is 4.71. The van der Waals surface area contributed by atoms with E-state index in [0.29, 0.717) is 48.4 Å². The van der Waals surface area contributed by atoms with E-state index in [2.05, 4.69) is 10.4 Å². The summed E-state index contributed by atoms with van der Waals surface area (Å²) in [6.07, 6.45) is -1.52. The molecule has 2 heterocycles. The lowest BCUT2D eigenvalue weighted by molar-refractivity contribution is -0.137. The van der Waals surface area contributed by atoms with Crippen LogP contribution in [0, 0.1) is 13.8 Å². The molecule has 220 valence electrons. The third kappa shape index (κ3) is 7.44. The summed E-state index contributed by atoms with van der Waals surface area (Å²) >= 11 is 0. The van der Waals surface area contributed by atoms with Crippen LogP contribution in [-0.4, -0.2) is 46.3 Å². The molecule has 0 radical (unpaired) electrons. The van der Waals surface area contributed by atoms with E-state index in [1.165, 1.54) is 5.01 Å². The molecule has 3 aromatic rings. The first kappa shape index (κ1) is 30.1. The summed E-state index contributed by atoms with van der Waals surface area (Å²) in [7, 11) is 1.80. The van der Waals surface area contributed by atoms with E-state index in [1.54, 1.807) is 48.4 Å². The zero-order valence-corrected chi connectivity index (χ0v) is 23.3. The van der Waals surface area contributed by atoms with Gasteiger partial charge in [0.2, 0.25) is 0 Å². The summed E-state index contributed by atoms with van der Waals surface area (Å²) < 4.78 is 56.1. The van der Waals surface area contributed by atoms with Gasteiger partial charge < -0.3 is 11.1 Å². The number of benzene rings is 2. The maximum absolute atomic E-state index is 13.6. The van der Waals surface area contributed by atoms with Crippen LogP contribution in [0.15, 0.2) is 48.8 Å². The molecule has 0 amide bonds. The molecule has 0 unspecified atom stereocenters. The number of aromatic nitrogens is 2. The van der Waals surface area contributed by atoms with E-state index in [9.17, 15) is 22.4 Å². The highest BCUT2D eigenvalue weighted by Crippen LogP contribution is 2.33. The van der Waals surface area contributed by atoms with Crippen LogP contribution in [-0.2, 0) is 19.8 Å². The molecule has 1 saturated heterocycles. The van der Waals surface area contributed by atoms with Crippen LogP contribution < -0.4 is 21.9 Å². The summed E-state index contributed by atoms with van der Waals surface area (Å²) in [4.78, 5) is 15.0. The molecular formula is C29H35F4N7O. The SMILES string of the molecule is Cc1ccc(C(=O)CNc2cc(CN3CCC(F)CC3)cc(C(F)(F)F)c2)cc1N(N)/C=C(\N)c1cnn(C)c1C. The maximum atomic E-state index is 13.6. The summed E-state index contributed by atoms with van der Waals surface area (Å²) in [6, 6.07) is 8.68. The van der Waals surface area contributed by atoms with Crippen molar-refractivity contribution < 1.29 is 22.4 Å². The van der Waals surface area contributed by atoms with Crippen LogP contribution in [0.2, 0.25) is 0 Å². The van der Waals surface area contributed by atoms with Crippen LogP contribution in [0.25, 0.3) is 5.70 Å². The number of likely N-dealkylation sites (tertiary alicyclic amines) is 1. The van der Waals surface area contributed by atoms with E-state index in [4.69, 9.17) is 11.6 Å². The highest BCUT2D eigenvalue weighted by molar-refractivity contribution is 6.00. The molecule has 4 rings (SSSR count). The van der Waals surface area contributed by atoms with Gasteiger partial charge in [0.25, 0.3) is 0 Å². The third-order valence-electron chi connectivity index (χ3n) is 7.33. The first-order chi connectivity index (χ1) is 19.3. The monoisotopic (exact) mass is 573 g/mol. The number of hydrogen-bond donors (Lipinski definition) is 3. The minimum atomic E-state index is -4.55. The number of nitrogens with two attached hydrogens (primary N) is 2. The summed E-state index contributed by atoms with van der Waals surface area (Å²) in [5.41, 5.74) is 9.70. The molecule has 0 atom stereocenters. The molecule has 2 aromatic carbocycles. The maximum Gasteiger partial charge on any atom is 0.416 e. The number of nitrogens with one attached hydrogen (secondary N) is 1. The molecule has 41 heavy (non-hydrogen) atoms. The van der Waals surface area contributed by atoms with Gasteiger partial charge in [-0.1, -0.05) is 12.1 Å². The molecule has 5 N–H and O–H groups in total. The summed E-state index contributed by atoms with van der Waals surface area (Å²) in [5, 5.41) is 8.36. The first-order valence-electron chi connectivity index (χ1n) is 13.3. The number of ketones is 1. The number of carbonyl (C=O) groups excluding carboxylic acids is 1. The van der Waals surface area contributed by atoms with Gasteiger partial charge in [-0.3, -0.25) is 19.4 Å². The van der Waals surface area contributed by atoms with Crippen LogP contribution in [0.4, 0.5) is 28.9 Å². The Morgan fingerprint density at radius 2 is 1.88 bits per heavy atom. The van der Waals surface area contributed by atoms with Gasteiger partial charge >= 0.3 is 6.18 Å². The average molecular weight is 574 g/mol. The summed E-state index contributed by atoms with van der Waals surface area (Å²) in [5.74, 6) is 5.95. The minimum Gasteiger partial charge on any atom is -0.397 e. The first-order valence-corrected chi connectivity index (χ1v) is 13.3. The van der Waals surface area contributed by atoms with Crippen LogP contribution in [0.3, 0.4) is 0 Å². The van der Waals surface area contributed by atoms with Gasteiger partial charge in [-0.2, -0.15) is 18.3 Å². The Balaban J connectivity index is 1.49. The number of anilines is 2. The predicted molar refractivity (Wildman–Crippen MR) is 152 cm³/mol. The lowest BCUT2D eigenvalue weighted by Gasteiger charge is -2.28. The van der Waals surface area contributed by atoms with Crippen molar-refractivity contribution in [2.75, 3.05) is 30.0 Å². The second kappa shape index (κ2) is 12.3. The Bertz CT molecular complexity index is 1430. The lowest BCUT2D eigenvalue weighted by atomic mass is 10.0. The van der Waals surface area contributed by atoms with Crippen molar-refractivity contribution in [3.05, 3.63) is 82.3 Å². The van der Waals surface area contributed by atoms with Crippen molar-refractivity contribution in [3.63, 3.8) is 0 Å². The minimum absolute atomic E-state index is 0.180. The fourth-order valence-electron chi connectivity index (χ4n) is 4.78. The molecule has 0 saturated carbocycles. The number of Topliss-reactive ketones (excluding diaryl/α,β-unsaturated/α-hetero) is 1. The Morgan fingerprint density at radius 1 is 1.17 bits per heavy atom. The van der Waals surface area contributed by atoms with E-state index in [1.807, 2.05) is 18.7 Å². The van der Waals surface area contributed by atoms with Crippen molar-refractivity contribution >= 4 is 22.9 Å². The molecule has 1 aromatic heterocycles. The van der Waals surface area contributed by atoms with Crippen molar-refractivity contribution in [2.24, 2.45) is 18.6 Å². The Labute approximate surface area is 236 Å². The molecule has 12 heteroatoms. The molecule has 1 aliphatic rings. The fraction of sp³-hybridized carbons (Fsp3) is 0.379. The quantitative estimate of drug-likeness (QED) is 0.144. The fourth-order valence-corrected chi connectivity index (χ4v) is 4.78. The van der Waals surface area contributed by atoms with Crippen LogP contribution >= 0.6 is 0 Å². The van der Waals surface area contributed by atoms with Gasteiger partial charge in [0, 0.05) is 55.4 Å². The second-order valence-electron chi connectivity index (χ2n) is 10.4. The molecule has 0 bridgehead atoms. The number of rotatable bonds is 9. The average Bonchev–Trinajstić information content (AvgIpc) is 3.26. The molecule has 0 spiro atoms. The Hall–Kier alpha value is -3.90. The van der Waals surface area contributed by atoms with Crippen molar-refractivity contribution in [1.82, 2.24) is 14.7 Å². The van der Waals surface area contributed by atoms with Gasteiger partial charge in [0.05, 0.1) is 29.7 Å². The number of alkyl halides is 4. The zero-order chi connectivity index (χ0) is 29.9. The Morgan fingerprint density at radius 3 is 2.51 bits per heavy atom. The number of hydrazine groups is 1. The molecular weight excluding hydrogens is 538 g/mol. The largest absolute Gasteiger partial charge is 0.416 e. The second-order valence-corrected chi connectivity index (χ2v) is 10.4. The smallest absolute Gasteiger partial charge is 0.397 e. The van der Waals surface area contributed by atoms with E-state index in [0.717, 1.165) is 29.0 Å². The van der Waals surface area contributed by atoms with E-state index >= 15 is 0 Å². The van der Waals surface area contributed by atoms with Crippen molar-refractivity contribution in [3.8, 4) is 0 Å². The number of carbonyl (C=O) groups is 1. The Kier molecular flexibility index (Phi) is 9.03. The van der Waals surface area contributed by atoms with Gasteiger partial charge in [-0.25, -0.2) is 10.2 Å². The lowest BCUT2D eigenvalue weighted by Crippen LogP contribution is -2.33. The van der Waals surface area contributed by atoms with Crippen molar-refractivity contribution in [2.45, 2.75) is 45.6 Å². The standard InChI is InChI=1S/C29H35F4N7O/c1-18-4-5-21(12-27(18)40(35)17-26(34)25-14-37-38(3)19(25)2)28(41)15-36-24-11-20(10-22(13-24)29(31,32)33)16-39-8-6-23(30)7-9-39/h4-5,10-14,17,23,36H,6-9,15-16,34-35H2,1-3H3/b26-17-. The van der Waals surface area contributed by atoms with Gasteiger partial charge in [-0.05, 0) is 62.1 Å². The van der Waals surface area contributed by atoms with Crippen LogP contribution in [0.1, 0.15) is 51.1 Å².